The molecule has 1 aliphatic rings. The third-order valence-electron chi connectivity index (χ3n) is 3.37. The highest BCUT2D eigenvalue weighted by Crippen LogP contribution is 2.26. The van der Waals surface area contributed by atoms with Crippen molar-refractivity contribution in [2.45, 2.75) is 32.7 Å². The molecule has 1 aromatic heterocycles. The van der Waals surface area contributed by atoms with Crippen molar-refractivity contribution in [3.05, 3.63) is 45.8 Å². The van der Waals surface area contributed by atoms with E-state index in [1.54, 1.807) is 13.0 Å². The summed E-state index contributed by atoms with van der Waals surface area (Å²) in [7, 11) is 0. The van der Waals surface area contributed by atoms with Crippen LogP contribution >= 0.6 is 15.9 Å². The van der Waals surface area contributed by atoms with E-state index in [0.29, 0.717) is 23.4 Å². The van der Waals surface area contributed by atoms with E-state index in [9.17, 15) is 4.79 Å². The molecule has 0 unspecified atom stereocenters. The fourth-order valence-electron chi connectivity index (χ4n) is 2.09. The highest BCUT2D eigenvalue weighted by molar-refractivity contribution is 9.10. The van der Waals surface area contributed by atoms with Gasteiger partial charge in [0.15, 0.2) is 0 Å². The number of carbonyl (C=O) groups is 1. The first kappa shape index (κ1) is 15.0. The summed E-state index contributed by atoms with van der Waals surface area (Å²) in [6.07, 6.45) is 2.11. The molecule has 2 N–H and O–H groups in total. The van der Waals surface area contributed by atoms with Crippen LogP contribution in [0.5, 0.6) is 0 Å². The highest BCUT2D eigenvalue weighted by Gasteiger charge is 2.24. The van der Waals surface area contributed by atoms with Crippen LogP contribution in [0.15, 0.2) is 28.7 Å². The predicted molar refractivity (Wildman–Crippen MR) is 89.4 cm³/mol. The second-order valence-electron chi connectivity index (χ2n) is 5.54. The van der Waals surface area contributed by atoms with Crippen molar-refractivity contribution in [2.75, 3.05) is 5.32 Å². The van der Waals surface area contributed by atoms with Gasteiger partial charge >= 0.3 is 0 Å². The number of hydrogen-bond donors (Lipinski definition) is 2. The number of nitrogens with zero attached hydrogens (tertiary/aromatic N) is 2. The normalized spacial score (nSPS) is 13.8. The summed E-state index contributed by atoms with van der Waals surface area (Å²) in [5, 5.41) is 6.17. The first-order chi connectivity index (χ1) is 10.5. The average Bonchev–Trinajstić information content (AvgIpc) is 3.25. The van der Waals surface area contributed by atoms with E-state index in [-0.39, 0.29) is 5.91 Å². The maximum atomic E-state index is 12.1. The number of halogens is 1. The summed E-state index contributed by atoms with van der Waals surface area (Å²) < 4.78 is 0.952. The zero-order valence-electron chi connectivity index (χ0n) is 12.5. The van der Waals surface area contributed by atoms with E-state index in [4.69, 9.17) is 0 Å². The van der Waals surface area contributed by atoms with Crippen LogP contribution in [0.3, 0.4) is 0 Å². The van der Waals surface area contributed by atoms with Gasteiger partial charge in [-0.15, -0.1) is 0 Å². The molecule has 6 heteroatoms. The van der Waals surface area contributed by atoms with Crippen molar-refractivity contribution in [2.24, 2.45) is 0 Å². The lowest BCUT2D eigenvalue weighted by Gasteiger charge is -2.10. The maximum Gasteiger partial charge on any atom is 0.270 e. The minimum Gasteiger partial charge on any atom is -0.348 e. The Morgan fingerprint density at radius 3 is 2.68 bits per heavy atom. The summed E-state index contributed by atoms with van der Waals surface area (Å²) in [6.45, 7) is 3.81. The van der Waals surface area contributed by atoms with Crippen LogP contribution < -0.4 is 10.6 Å². The quantitative estimate of drug-likeness (QED) is 0.875. The molecule has 1 aliphatic carbocycles. The third-order valence-corrected chi connectivity index (χ3v) is 4.03. The Kier molecular flexibility index (Phi) is 4.11. The number of benzene rings is 1. The van der Waals surface area contributed by atoms with Crippen LogP contribution in [0, 0.1) is 13.8 Å². The topological polar surface area (TPSA) is 66.9 Å². The second-order valence-corrected chi connectivity index (χ2v) is 6.40. The Bertz CT molecular complexity index is 728. The molecule has 2 aromatic rings. The van der Waals surface area contributed by atoms with Crippen LogP contribution in [0.2, 0.25) is 0 Å². The maximum absolute atomic E-state index is 12.1. The average molecular weight is 361 g/mol. The van der Waals surface area contributed by atoms with Gasteiger partial charge in [0.25, 0.3) is 5.91 Å². The van der Waals surface area contributed by atoms with Crippen LogP contribution in [0.1, 0.15) is 34.7 Å². The molecule has 1 amide bonds. The van der Waals surface area contributed by atoms with Crippen LogP contribution in [0.25, 0.3) is 0 Å². The van der Waals surface area contributed by atoms with Crippen molar-refractivity contribution in [3.8, 4) is 0 Å². The number of aromatic nitrogens is 2. The standard InChI is InChI=1S/C16H17BrN4O/c1-9-3-6-13(12(17)7-9)21-15-8-14(18-10(2)19-15)16(22)20-11-4-5-11/h3,6-8,11H,4-5H2,1-2H3,(H,20,22)(H,18,19,21). The van der Waals surface area contributed by atoms with Crippen molar-refractivity contribution < 1.29 is 4.79 Å². The molecule has 0 bridgehead atoms. The van der Waals surface area contributed by atoms with Gasteiger partial charge < -0.3 is 10.6 Å². The molecule has 114 valence electrons. The van der Waals surface area contributed by atoms with Crippen molar-refractivity contribution in [1.29, 1.82) is 0 Å². The number of hydrogen-bond acceptors (Lipinski definition) is 4. The zero-order chi connectivity index (χ0) is 15.7. The first-order valence-electron chi connectivity index (χ1n) is 7.21. The predicted octanol–water partition coefficient (Wildman–Crippen LogP) is 3.49. The molecule has 1 saturated carbocycles. The van der Waals surface area contributed by atoms with Gasteiger partial charge in [0.1, 0.15) is 17.3 Å². The van der Waals surface area contributed by atoms with Gasteiger partial charge in [-0.25, -0.2) is 9.97 Å². The van der Waals surface area contributed by atoms with Crippen LogP contribution in [-0.4, -0.2) is 21.9 Å². The fraction of sp³-hybridized carbons (Fsp3) is 0.312. The number of rotatable bonds is 4. The number of aryl methyl sites for hydroxylation is 2. The molecular formula is C16H17BrN4O. The lowest BCUT2D eigenvalue weighted by molar-refractivity contribution is 0.0945. The zero-order valence-corrected chi connectivity index (χ0v) is 14.1. The minimum absolute atomic E-state index is 0.140. The number of anilines is 2. The van der Waals surface area contributed by atoms with E-state index in [0.717, 1.165) is 23.0 Å². The van der Waals surface area contributed by atoms with Gasteiger partial charge in [-0.1, -0.05) is 6.07 Å². The summed E-state index contributed by atoms with van der Waals surface area (Å²) in [5.41, 5.74) is 2.46. The van der Waals surface area contributed by atoms with Crippen LogP contribution in [-0.2, 0) is 0 Å². The lowest BCUT2D eigenvalue weighted by atomic mass is 10.2. The Morgan fingerprint density at radius 1 is 1.23 bits per heavy atom. The van der Waals surface area contributed by atoms with E-state index in [1.165, 1.54) is 5.56 Å². The summed E-state index contributed by atoms with van der Waals surface area (Å²) in [5.74, 6) is 1.03. The van der Waals surface area contributed by atoms with Gasteiger partial charge in [-0.3, -0.25) is 4.79 Å². The largest absolute Gasteiger partial charge is 0.348 e. The summed E-state index contributed by atoms with van der Waals surface area (Å²) >= 11 is 3.53. The lowest BCUT2D eigenvalue weighted by Crippen LogP contribution is -2.26. The second kappa shape index (κ2) is 6.04. The molecule has 3 rings (SSSR count). The molecule has 1 aromatic carbocycles. The number of amides is 1. The third kappa shape index (κ3) is 3.62. The van der Waals surface area contributed by atoms with Crippen molar-refractivity contribution in [1.82, 2.24) is 15.3 Å². The Labute approximate surface area is 137 Å². The summed E-state index contributed by atoms with van der Waals surface area (Å²) in [6, 6.07) is 8.00. The van der Waals surface area contributed by atoms with E-state index >= 15 is 0 Å². The van der Waals surface area contributed by atoms with E-state index < -0.39 is 0 Å². The van der Waals surface area contributed by atoms with Crippen LogP contribution in [0.4, 0.5) is 11.5 Å². The van der Waals surface area contributed by atoms with Gasteiger partial charge in [0, 0.05) is 16.6 Å². The molecule has 0 spiro atoms. The Balaban J connectivity index is 1.83. The Morgan fingerprint density at radius 2 is 2.00 bits per heavy atom. The molecule has 22 heavy (non-hydrogen) atoms. The number of nitrogens with one attached hydrogen (secondary N) is 2. The monoisotopic (exact) mass is 360 g/mol. The molecule has 0 aliphatic heterocycles. The van der Waals surface area contributed by atoms with Gasteiger partial charge in [-0.05, 0) is 60.3 Å². The molecule has 5 nitrogen and oxygen atoms in total. The smallest absolute Gasteiger partial charge is 0.270 e. The molecule has 1 heterocycles. The molecule has 0 radical (unpaired) electrons. The SMILES string of the molecule is Cc1ccc(Nc2cc(C(=O)NC3CC3)nc(C)n2)c(Br)c1. The number of carbonyl (C=O) groups excluding carboxylic acids is 1. The van der Waals surface area contributed by atoms with Crippen molar-refractivity contribution >= 4 is 33.3 Å². The van der Waals surface area contributed by atoms with Gasteiger partial charge in [0.2, 0.25) is 0 Å². The highest BCUT2D eigenvalue weighted by atomic mass is 79.9. The molecular weight excluding hydrogens is 344 g/mol. The Hall–Kier alpha value is -1.95. The van der Waals surface area contributed by atoms with E-state index in [1.807, 2.05) is 25.1 Å². The fourth-order valence-corrected chi connectivity index (χ4v) is 2.69. The minimum atomic E-state index is -0.140. The first-order valence-corrected chi connectivity index (χ1v) is 8.00. The van der Waals surface area contributed by atoms with Gasteiger partial charge in [0.05, 0.1) is 5.69 Å². The van der Waals surface area contributed by atoms with Crippen molar-refractivity contribution in [3.63, 3.8) is 0 Å². The van der Waals surface area contributed by atoms with E-state index in [2.05, 4.69) is 36.5 Å². The van der Waals surface area contributed by atoms with Gasteiger partial charge in [-0.2, -0.15) is 0 Å². The molecule has 0 saturated heterocycles. The summed E-state index contributed by atoms with van der Waals surface area (Å²) in [4.78, 5) is 20.7. The molecule has 1 fully saturated rings. The molecule has 0 atom stereocenters.